The molecule has 3 N–H and O–H groups in total. The van der Waals surface area contributed by atoms with Gasteiger partial charge in [-0.1, -0.05) is 54.6 Å². The first kappa shape index (κ1) is 18.8. The van der Waals surface area contributed by atoms with Crippen molar-refractivity contribution >= 4 is 29.8 Å². The Bertz CT molecular complexity index is 1240. The predicted octanol–water partition coefficient (Wildman–Crippen LogP) is 1.34. The van der Waals surface area contributed by atoms with Gasteiger partial charge in [-0.2, -0.15) is 0 Å². The van der Waals surface area contributed by atoms with Crippen LogP contribution in [0.15, 0.2) is 70.3 Å². The average Bonchev–Trinajstić information content (AvgIpc) is 2.67. The molecule has 0 atom stereocenters. The summed E-state index contributed by atoms with van der Waals surface area (Å²) in [6.07, 6.45) is 6.68. The van der Waals surface area contributed by atoms with E-state index in [0.29, 0.717) is 5.69 Å². The van der Waals surface area contributed by atoms with Gasteiger partial charge in [-0.25, -0.2) is 0 Å². The van der Waals surface area contributed by atoms with E-state index in [4.69, 9.17) is 0 Å². The van der Waals surface area contributed by atoms with E-state index in [0.717, 1.165) is 11.1 Å². The van der Waals surface area contributed by atoms with Gasteiger partial charge in [-0.3, -0.25) is 14.4 Å². The molecule has 2 aromatic carbocycles. The first-order valence-electron chi connectivity index (χ1n) is 8.67. The molecule has 0 aliphatic heterocycles. The number of carbonyl (C=O) groups is 1. The van der Waals surface area contributed by atoms with Crippen molar-refractivity contribution in [1.82, 2.24) is 9.97 Å². The van der Waals surface area contributed by atoms with Crippen LogP contribution < -0.4 is 27.1 Å². The lowest BCUT2D eigenvalue weighted by Crippen LogP contribution is -2.46. The number of H-pyrrole nitrogens is 2. The Labute approximate surface area is 160 Å². The van der Waals surface area contributed by atoms with Crippen LogP contribution >= 0.6 is 0 Å². The summed E-state index contributed by atoms with van der Waals surface area (Å²) < 4.78 is 0. The second-order valence-corrected chi connectivity index (χ2v) is 6.12. The molecule has 1 aromatic heterocycles. The molecule has 6 heteroatoms. The van der Waals surface area contributed by atoms with Crippen LogP contribution in [-0.2, 0) is 4.79 Å². The topological polar surface area (TPSA) is 94.8 Å². The van der Waals surface area contributed by atoms with Crippen LogP contribution in [0.2, 0.25) is 0 Å². The third kappa shape index (κ3) is 5.04. The molecule has 0 aliphatic carbocycles. The lowest BCUT2D eigenvalue weighted by Gasteiger charge is -2.01. The summed E-state index contributed by atoms with van der Waals surface area (Å²) >= 11 is 0. The third-order valence-corrected chi connectivity index (χ3v) is 3.88. The Morgan fingerprint density at radius 1 is 0.857 bits per heavy atom. The van der Waals surface area contributed by atoms with Gasteiger partial charge in [0.25, 0.3) is 11.1 Å². The molecule has 0 saturated heterocycles. The van der Waals surface area contributed by atoms with Crippen LogP contribution in [0.4, 0.5) is 5.69 Å². The smallest absolute Gasteiger partial charge is 0.272 e. The van der Waals surface area contributed by atoms with Crippen LogP contribution in [0.5, 0.6) is 0 Å². The lowest BCUT2D eigenvalue weighted by molar-refractivity contribution is -0.114. The maximum Gasteiger partial charge on any atom is 0.272 e. The molecule has 140 valence electrons. The number of hydrogen-bond acceptors (Lipinski definition) is 3. The Morgan fingerprint density at radius 3 is 2.18 bits per heavy atom. The highest BCUT2D eigenvalue weighted by atomic mass is 16.1. The van der Waals surface area contributed by atoms with Crippen LogP contribution in [0.1, 0.15) is 18.1 Å². The molecule has 0 unspecified atom stereocenters. The molecule has 1 heterocycles. The van der Waals surface area contributed by atoms with Gasteiger partial charge in [0.1, 0.15) is 10.7 Å². The Balaban J connectivity index is 1.89. The van der Waals surface area contributed by atoms with E-state index < -0.39 is 11.1 Å². The maximum absolute atomic E-state index is 12.3. The molecule has 0 fully saturated rings. The van der Waals surface area contributed by atoms with Gasteiger partial charge in [0.05, 0.1) is 0 Å². The van der Waals surface area contributed by atoms with Gasteiger partial charge in [0.15, 0.2) is 0 Å². The first-order valence-corrected chi connectivity index (χ1v) is 8.67. The third-order valence-electron chi connectivity index (χ3n) is 3.88. The summed E-state index contributed by atoms with van der Waals surface area (Å²) in [5.74, 6) is -0.161. The highest BCUT2D eigenvalue weighted by Crippen LogP contribution is 2.09. The predicted molar refractivity (Wildman–Crippen MR) is 111 cm³/mol. The minimum atomic E-state index is -0.398. The molecule has 6 nitrogen and oxygen atoms in total. The molecule has 0 saturated carbocycles. The average molecular weight is 373 g/mol. The SMILES string of the molecule is CC(=O)Nc1ccc(/C=c2\[nH]c(=O)/c(=C/C=C/c3ccccc3)[nH]c2=O)cc1. The fraction of sp³-hybridized carbons (Fsp3) is 0.0455. The van der Waals surface area contributed by atoms with E-state index in [1.807, 2.05) is 36.4 Å². The number of rotatable bonds is 4. The first-order chi connectivity index (χ1) is 13.5. The number of hydrogen-bond donors (Lipinski definition) is 3. The summed E-state index contributed by atoms with van der Waals surface area (Å²) in [6.45, 7) is 1.43. The quantitative estimate of drug-likeness (QED) is 0.644. The van der Waals surface area contributed by atoms with Crippen molar-refractivity contribution in [1.29, 1.82) is 0 Å². The molecule has 28 heavy (non-hydrogen) atoms. The standard InChI is InChI=1S/C22H19N3O3/c1-15(26)23-18-12-10-17(11-13-18)14-20-22(28)24-19(21(27)25-20)9-5-8-16-6-3-2-4-7-16/h2-14H,1H3,(H,23,26)(H,24,28)(H,25,27)/b8-5+,19-9-,20-14-. The second kappa shape index (κ2) is 8.64. The van der Waals surface area contributed by atoms with Gasteiger partial charge < -0.3 is 15.3 Å². The van der Waals surface area contributed by atoms with Crippen LogP contribution in [0.3, 0.4) is 0 Å². The van der Waals surface area contributed by atoms with Crippen LogP contribution in [0, 0.1) is 0 Å². The summed E-state index contributed by atoms with van der Waals surface area (Å²) in [6, 6.07) is 16.6. The van der Waals surface area contributed by atoms with E-state index >= 15 is 0 Å². The van der Waals surface area contributed by atoms with E-state index in [1.165, 1.54) is 6.92 Å². The van der Waals surface area contributed by atoms with Gasteiger partial charge in [0.2, 0.25) is 5.91 Å². The number of allylic oxidation sites excluding steroid dienone is 1. The van der Waals surface area contributed by atoms with Crippen molar-refractivity contribution in [3.05, 3.63) is 103 Å². The van der Waals surface area contributed by atoms with Crippen molar-refractivity contribution in [2.24, 2.45) is 0 Å². The maximum atomic E-state index is 12.3. The van der Waals surface area contributed by atoms with E-state index in [-0.39, 0.29) is 16.6 Å². The van der Waals surface area contributed by atoms with Gasteiger partial charge in [0, 0.05) is 12.6 Å². The molecule has 3 aromatic rings. The van der Waals surface area contributed by atoms with Crippen molar-refractivity contribution in [2.45, 2.75) is 6.92 Å². The van der Waals surface area contributed by atoms with Crippen molar-refractivity contribution in [2.75, 3.05) is 5.32 Å². The fourth-order valence-corrected chi connectivity index (χ4v) is 2.56. The lowest BCUT2D eigenvalue weighted by atomic mass is 10.2. The minimum absolute atomic E-state index is 0.154. The highest BCUT2D eigenvalue weighted by Gasteiger charge is 1.97. The molecule has 1 amide bonds. The summed E-state index contributed by atoms with van der Waals surface area (Å²) in [7, 11) is 0. The number of nitrogens with one attached hydrogen (secondary N) is 3. The van der Waals surface area contributed by atoms with E-state index in [9.17, 15) is 14.4 Å². The molecular weight excluding hydrogens is 354 g/mol. The largest absolute Gasteiger partial charge is 0.326 e. The number of amides is 1. The number of carbonyl (C=O) groups excluding carboxylic acids is 1. The van der Waals surface area contributed by atoms with Crippen LogP contribution in [0.25, 0.3) is 18.2 Å². The fourth-order valence-electron chi connectivity index (χ4n) is 2.56. The molecule has 0 aliphatic rings. The molecule has 0 bridgehead atoms. The Kier molecular flexibility index (Phi) is 5.81. The van der Waals surface area contributed by atoms with Gasteiger partial charge >= 0.3 is 0 Å². The summed E-state index contributed by atoms with van der Waals surface area (Å²) in [4.78, 5) is 40.8. The van der Waals surface area contributed by atoms with Crippen molar-refractivity contribution in [3.8, 4) is 0 Å². The Morgan fingerprint density at radius 2 is 1.50 bits per heavy atom. The zero-order valence-corrected chi connectivity index (χ0v) is 15.2. The number of aromatic amines is 2. The Hall–Kier alpha value is -3.93. The summed E-state index contributed by atoms with van der Waals surface area (Å²) in [5, 5.41) is 3.00. The van der Waals surface area contributed by atoms with E-state index in [1.54, 1.807) is 42.5 Å². The van der Waals surface area contributed by atoms with Gasteiger partial charge in [-0.05, 0) is 35.4 Å². The monoisotopic (exact) mass is 373 g/mol. The van der Waals surface area contributed by atoms with Crippen LogP contribution in [-0.4, -0.2) is 15.9 Å². The van der Waals surface area contributed by atoms with Gasteiger partial charge in [-0.15, -0.1) is 0 Å². The minimum Gasteiger partial charge on any atom is -0.326 e. The number of anilines is 1. The zero-order valence-electron chi connectivity index (χ0n) is 15.2. The number of benzene rings is 2. The van der Waals surface area contributed by atoms with E-state index in [2.05, 4.69) is 15.3 Å². The second-order valence-electron chi connectivity index (χ2n) is 6.12. The molecule has 0 spiro atoms. The molecular formula is C22H19N3O3. The summed E-state index contributed by atoms with van der Waals surface area (Å²) in [5.41, 5.74) is 1.58. The molecule has 0 radical (unpaired) electrons. The highest BCUT2D eigenvalue weighted by molar-refractivity contribution is 5.88. The zero-order chi connectivity index (χ0) is 19.9. The number of aromatic nitrogens is 2. The molecule has 3 rings (SSSR count). The van der Waals surface area contributed by atoms with Crippen molar-refractivity contribution < 1.29 is 4.79 Å². The normalized spacial score (nSPS) is 12.5. The van der Waals surface area contributed by atoms with Crippen molar-refractivity contribution in [3.63, 3.8) is 0 Å².